The summed E-state index contributed by atoms with van der Waals surface area (Å²) in [5.41, 5.74) is 3.31. The number of ether oxygens (including phenoxy) is 1. The van der Waals surface area contributed by atoms with Gasteiger partial charge in [0.2, 0.25) is 0 Å². The van der Waals surface area contributed by atoms with Crippen LogP contribution in [0.5, 0.6) is 0 Å². The molecular weight excluding hydrogens is 368 g/mol. The number of carbonyl (C=O) groups excluding carboxylic acids is 1. The van der Waals surface area contributed by atoms with Gasteiger partial charge < -0.3 is 4.74 Å². The molecule has 2 heteroatoms. The molecule has 0 saturated heterocycles. The third kappa shape index (κ3) is 3.60. The molecule has 164 valence electrons. The number of Topliss-reactive ketones (excluding diaryl/α,β-unsaturated/α-hetero) is 1. The highest BCUT2D eigenvalue weighted by molar-refractivity contribution is 6.07. The lowest BCUT2D eigenvalue weighted by molar-refractivity contribution is -0.125. The molecule has 1 aromatic carbocycles. The number of fused-ring (bicyclic) bond motifs is 2. The van der Waals surface area contributed by atoms with Crippen molar-refractivity contribution in [2.24, 2.45) is 34.5 Å². The molecule has 1 aromatic rings. The molecule has 5 atom stereocenters. The Labute approximate surface area is 183 Å². The van der Waals surface area contributed by atoms with E-state index in [1.807, 2.05) is 0 Å². The summed E-state index contributed by atoms with van der Waals surface area (Å²) in [6.45, 7) is 14.4. The zero-order chi connectivity index (χ0) is 21.7. The van der Waals surface area contributed by atoms with Gasteiger partial charge in [0.15, 0.2) is 5.78 Å². The van der Waals surface area contributed by atoms with Crippen LogP contribution in [0.4, 0.5) is 0 Å². The van der Waals surface area contributed by atoms with E-state index in [-0.39, 0.29) is 10.8 Å². The van der Waals surface area contributed by atoms with Gasteiger partial charge in [0, 0.05) is 5.41 Å². The van der Waals surface area contributed by atoms with Crippen LogP contribution in [0.1, 0.15) is 84.8 Å². The number of benzene rings is 1. The fourth-order valence-electron chi connectivity index (χ4n) is 6.49. The first kappa shape index (κ1) is 21.8. The normalized spacial score (nSPS) is 36.8. The van der Waals surface area contributed by atoms with Crippen molar-refractivity contribution in [1.82, 2.24) is 0 Å². The van der Waals surface area contributed by atoms with E-state index in [1.165, 1.54) is 24.8 Å². The smallest absolute Gasteiger partial charge is 0.165 e. The molecule has 3 aliphatic rings. The number of hydrogen-bond donors (Lipinski definition) is 0. The van der Waals surface area contributed by atoms with Crippen molar-refractivity contribution in [3.8, 4) is 0 Å². The molecule has 2 nitrogen and oxygen atoms in total. The van der Waals surface area contributed by atoms with Gasteiger partial charge >= 0.3 is 0 Å². The van der Waals surface area contributed by atoms with E-state index < -0.39 is 0 Å². The summed E-state index contributed by atoms with van der Waals surface area (Å²) in [4.78, 5) is 13.1. The Morgan fingerprint density at radius 2 is 1.80 bits per heavy atom. The molecular formula is C28H40O2. The molecule has 2 bridgehead atoms. The fourth-order valence-corrected chi connectivity index (χ4v) is 6.49. The van der Waals surface area contributed by atoms with E-state index in [0.29, 0.717) is 36.2 Å². The molecule has 3 saturated carbocycles. The molecule has 30 heavy (non-hydrogen) atoms. The van der Waals surface area contributed by atoms with Crippen LogP contribution in [-0.2, 0) is 16.1 Å². The Kier molecular flexibility index (Phi) is 5.77. The molecule has 5 unspecified atom stereocenters. The maximum Gasteiger partial charge on any atom is 0.165 e. The second-order valence-corrected chi connectivity index (χ2v) is 11.5. The first-order chi connectivity index (χ1) is 14.1. The standard InChI is InChI=1S/C28H40O2/c1-18(2)22-12-7-19(3)15-25(22)30-17-21-10-8-20(9-11-21)16-23-24-13-14-28(6,26(23)29)27(24,4)5/h8-11,16,18-19,22,24-25H,7,12-15,17H2,1-6H3/b23-16-. The fraction of sp³-hybridized carbons (Fsp3) is 0.679. The summed E-state index contributed by atoms with van der Waals surface area (Å²) >= 11 is 0. The topological polar surface area (TPSA) is 26.3 Å². The van der Waals surface area contributed by atoms with Gasteiger partial charge in [0.05, 0.1) is 12.7 Å². The van der Waals surface area contributed by atoms with Crippen molar-refractivity contribution in [2.75, 3.05) is 0 Å². The van der Waals surface area contributed by atoms with Crippen molar-refractivity contribution in [3.63, 3.8) is 0 Å². The van der Waals surface area contributed by atoms with Crippen molar-refractivity contribution in [2.45, 2.75) is 86.4 Å². The van der Waals surface area contributed by atoms with Gasteiger partial charge in [-0.15, -0.1) is 0 Å². The summed E-state index contributed by atoms with van der Waals surface area (Å²) in [5.74, 6) is 2.91. The third-order valence-electron chi connectivity index (χ3n) is 9.09. The Morgan fingerprint density at radius 1 is 1.10 bits per heavy atom. The lowest BCUT2D eigenvalue weighted by Gasteiger charge is -2.37. The lowest BCUT2D eigenvalue weighted by Crippen LogP contribution is -2.34. The molecule has 0 spiro atoms. The van der Waals surface area contributed by atoms with Crippen LogP contribution >= 0.6 is 0 Å². The van der Waals surface area contributed by atoms with Gasteiger partial charge in [-0.25, -0.2) is 0 Å². The van der Waals surface area contributed by atoms with Gasteiger partial charge in [-0.1, -0.05) is 72.2 Å². The molecule has 3 fully saturated rings. The number of carbonyl (C=O) groups is 1. The van der Waals surface area contributed by atoms with E-state index in [9.17, 15) is 4.79 Å². The highest BCUT2D eigenvalue weighted by Crippen LogP contribution is 2.65. The maximum atomic E-state index is 13.1. The van der Waals surface area contributed by atoms with Crippen LogP contribution in [0.15, 0.2) is 29.8 Å². The van der Waals surface area contributed by atoms with Gasteiger partial charge in [-0.2, -0.15) is 0 Å². The quantitative estimate of drug-likeness (QED) is 0.487. The minimum Gasteiger partial charge on any atom is -0.373 e. The number of hydrogen-bond acceptors (Lipinski definition) is 2. The second kappa shape index (κ2) is 7.93. The van der Waals surface area contributed by atoms with Gasteiger partial charge in [0.1, 0.15) is 0 Å². The predicted octanol–water partition coefficient (Wildman–Crippen LogP) is 7.07. The highest BCUT2D eigenvalue weighted by atomic mass is 16.5. The van der Waals surface area contributed by atoms with Crippen LogP contribution in [-0.4, -0.2) is 11.9 Å². The van der Waals surface area contributed by atoms with Crippen LogP contribution < -0.4 is 0 Å². The van der Waals surface area contributed by atoms with Crippen LogP contribution in [0.2, 0.25) is 0 Å². The second-order valence-electron chi connectivity index (χ2n) is 11.5. The van der Waals surface area contributed by atoms with E-state index in [2.05, 4.69) is 71.9 Å². The summed E-state index contributed by atoms with van der Waals surface area (Å²) in [7, 11) is 0. The Balaban J connectivity index is 1.43. The van der Waals surface area contributed by atoms with Crippen molar-refractivity contribution in [1.29, 1.82) is 0 Å². The zero-order valence-electron chi connectivity index (χ0n) is 19.8. The van der Waals surface area contributed by atoms with E-state index >= 15 is 0 Å². The van der Waals surface area contributed by atoms with E-state index in [1.54, 1.807) is 0 Å². The van der Waals surface area contributed by atoms with Gasteiger partial charge in [-0.05, 0) is 77.5 Å². The van der Waals surface area contributed by atoms with Crippen molar-refractivity contribution < 1.29 is 9.53 Å². The monoisotopic (exact) mass is 408 g/mol. The van der Waals surface area contributed by atoms with E-state index in [4.69, 9.17) is 4.74 Å². The zero-order valence-corrected chi connectivity index (χ0v) is 19.8. The molecule has 4 rings (SSSR count). The summed E-state index contributed by atoms with van der Waals surface area (Å²) in [6.07, 6.45) is 8.53. The average Bonchev–Trinajstić information content (AvgIpc) is 3.01. The molecule has 0 heterocycles. The highest BCUT2D eigenvalue weighted by Gasteiger charge is 2.63. The summed E-state index contributed by atoms with van der Waals surface area (Å²) < 4.78 is 6.41. The lowest BCUT2D eigenvalue weighted by atomic mass is 9.70. The average molecular weight is 409 g/mol. The first-order valence-electron chi connectivity index (χ1n) is 12.1. The van der Waals surface area contributed by atoms with Crippen LogP contribution in [0, 0.1) is 34.5 Å². The van der Waals surface area contributed by atoms with Crippen molar-refractivity contribution in [3.05, 3.63) is 41.0 Å². The summed E-state index contributed by atoms with van der Waals surface area (Å²) in [5, 5.41) is 0. The molecule has 0 N–H and O–H groups in total. The summed E-state index contributed by atoms with van der Waals surface area (Å²) in [6, 6.07) is 8.66. The molecule has 0 aromatic heterocycles. The molecule has 3 aliphatic carbocycles. The van der Waals surface area contributed by atoms with Gasteiger partial charge in [-0.3, -0.25) is 4.79 Å². The Morgan fingerprint density at radius 3 is 2.40 bits per heavy atom. The van der Waals surface area contributed by atoms with Crippen LogP contribution in [0.25, 0.3) is 6.08 Å². The maximum absolute atomic E-state index is 13.1. The molecule has 0 amide bonds. The Bertz CT molecular complexity index is 816. The first-order valence-corrected chi connectivity index (χ1v) is 12.1. The largest absolute Gasteiger partial charge is 0.373 e. The van der Waals surface area contributed by atoms with Crippen LogP contribution in [0.3, 0.4) is 0 Å². The third-order valence-corrected chi connectivity index (χ3v) is 9.09. The number of rotatable bonds is 5. The van der Waals surface area contributed by atoms with E-state index in [0.717, 1.165) is 29.9 Å². The van der Waals surface area contributed by atoms with Crippen molar-refractivity contribution >= 4 is 11.9 Å². The molecule has 0 radical (unpaired) electrons. The minimum absolute atomic E-state index is 0.0772. The SMILES string of the molecule is CC1CCC(C(C)C)C(OCc2ccc(/C=C3\C(=O)C4(C)CCC3C4(C)C)cc2)C1. The Hall–Kier alpha value is -1.41. The predicted molar refractivity (Wildman–Crippen MR) is 124 cm³/mol. The number of allylic oxidation sites excluding steroid dienone is 1. The minimum atomic E-state index is -0.179. The number of ketones is 1. The molecule has 0 aliphatic heterocycles. The van der Waals surface area contributed by atoms with Gasteiger partial charge in [0.25, 0.3) is 0 Å².